The van der Waals surface area contributed by atoms with Crippen molar-refractivity contribution in [3.05, 3.63) is 65.2 Å². The second kappa shape index (κ2) is 10.2. The number of cyclic esters (lactones) is 1. The van der Waals surface area contributed by atoms with Gasteiger partial charge in [0, 0.05) is 5.56 Å². The number of imide groups is 1. The number of ether oxygens (including phenoxy) is 3. The highest BCUT2D eigenvalue weighted by molar-refractivity contribution is 6.15. The summed E-state index contributed by atoms with van der Waals surface area (Å²) in [6.07, 6.45) is 1.64. The molecule has 2 atom stereocenters. The van der Waals surface area contributed by atoms with Crippen LogP contribution in [0.4, 0.5) is 4.79 Å². The average molecular weight is 452 g/mol. The maximum absolute atomic E-state index is 13.6. The minimum Gasteiger partial charge on any atom is -0.496 e. The Kier molecular flexibility index (Phi) is 7.08. The van der Waals surface area contributed by atoms with Gasteiger partial charge in [-0.15, -0.1) is 0 Å². The summed E-state index contributed by atoms with van der Waals surface area (Å²) < 4.78 is 16.6. The van der Waals surface area contributed by atoms with E-state index in [-0.39, 0.29) is 12.7 Å². The first-order valence-corrected chi connectivity index (χ1v) is 11.4. The molecule has 1 heterocycles. The molecule has 2 fully saturated rings. The van der Waals surface area contributed by atoms with E-state index in [1.165, 1.54) is 7.11 Å². The molecule has 0 spiro atoms. The van der Waals surface area contributed by atoms with Crippen LogP contribution in [0.2, 0.25) is 0 Å². The third-order valence-corrected chi connectivity index (χ3v) is 6.30. The van der Waals surface area contributed by atoms with Crippen LogP contribution in [0.5, 0.6) is 5.75 Å². The SMILES string of the molecule is COc1cc(C(=O)C(OC2CCCC2)C(=O)N2C(=O)OC[C@H]2Cc2ccccc2)ccc1C. The molecular weight excluding hydrogens is 422 g/mol. The van der Waals surface area contributed by atoms with Crippen LogP contribution in [-0.2, 0) is 20.7 Å². The number of Topliss-reactive ketones (excluding diaryl/α,β-unsaturated/α-hetero) is 1. The number of hydrogen-bond acceptors (Lipinski definition) is 6. The van der Waals surface area contributed by atoms with Gasteiger partial charge in [-0.3, -0.25) is 9.59 Å². The van der Waals surface area contributed by atoms with Crippen LogP contribution < -0.4 is 4.74 Å². The molecule has 1 saturated heterocycles. The van der Waals surface area contributed by atoms with Crippen molar-refractivity contribution in [1.29, 1.82) is 0 Å². The highest BCUT2D eigenvalue weighted by Crippen LogP contribution is 2.27. The number of benzene rings is 2. The molecule has 7 nitrogen and oxygen atoms in total. The normalized spacial score (nSPS) is 19.4. The number of hydrogen-bond donors (Lipinski definition) is 0. The summed E-state index contributed by atoms with van der Waals surface area (Å²) in [7, 11) is 1.53. The molecule has 1 unspecified atom stereocenters. The molecule has 7 heteroatoms. The van der Waals surface area contributed by atoms with Crippen LogP contribution in [0.1, 0.15) is 47.2 Å². The zero-order chi connectivity index (χ0) is 23.4. The largest absolute Gasteiger partial charge is 0.496 e. The molecule has 1 saturated carbocycles. The van der Waals surface area contributed by atoms with Crippen molar-refractivity contribution in [3.63, 3.8) is 0 Å². The van der Waals surface area contributed by atoms with Gasteiger partial charge in [0.15, 0.2) is 6.10 Å². The van der Waals surface area contributed by atoms with Gasteiger partial charge in [-0.2, -0.15) is 0 Å². The van der Waals surface area contributed by atoms with Crippen molar-refractivity contribution >= 4 is 17.8 Å². The Morgan fingerprint density at radius 3 is 2.55 bits per heavy atom. The van der Waals surface area contributed by atoms with Crippen LogP contribution in [0.3, 0.4) is 0 Å². The topological polar surface area (TPSA) is 82.1 Å². The van der Waals surface area contributed by atoms with Gasteiger partial charge in [0.05, 0.1) is 19.3 Å². The van der Waals surface area contributed by atoms with E-state index in [9.17, 15) is 14.4 Å². The Hall–Kier alpha value is -3.19. The van der Waals surface area contributed by atoms with Crippen LogP contribution >= 0.6 is 0 Å². The molecule has 4 rings (SSSR count). The van der Waals surface area contributed by atoms with Crippen molar-refractivity contribution in [3.8, 4) is 5.75 Å². The van der Waals surface area contributed by atoms with Gasteiger partial charge in [0.25, 0.3) is 5.91 Å². The summed E-state index contributed by atoms with van der Waals surface area (Å²) in [4.78, 5) is 40.8. The molecule has 1 aliphatic heterocycles. The van der Waals surface area contributed by atoms with Crippen LogP contribution in [0.15, 0.2) is 48.5 Å². The molecule has 2 aromatic rings. The molecular formula is C26H29NO6. The van der Waals surface area contributed by atoms with Gasteiger partial charge in [0.1, 0.15) is 12.4 Å². The first kappa shape index (κ1) is 23.0. The molecule has 2 aliphatic rings. The predicted octanol–water partition coefficient (Wildman–Crippen LogP) is 4.10. The van der Waals surface area contributed by atoms with Crippen LogP contribution in [-0.4, -0.2) is 54.7 Å². The van der Waals surface area contributed by atoms with Gasteiger partial charge in [-0.1, -0.05) is 55.3 Å². The monoisotopic (exact) mass is 451 g/mol. The lowest BCUT2D eigenvalue weighted by atomic mass is 10.0. The Morgan fingerprint density at radius 2 is 1.85 bits per heavy atom. The van der Waals surface area contributed by atoms with Crippen LogP contribution in [0.25, 0.3) is 0 Å². The van der Waals surface area contributed by atoms with E-state index >= 15 is 0 Å². The molecule has 174 valence electrons. The van der Waals surface area contributed by atoms with Crippen LogP contribution in [0, 0.1) is 6.92 Å². The molecule has 33 heavy (non-hydrogen) atoms. The summed E-state index contributed by atoms with van der Waals surface area (Å²) in [6, 6.07) is 14.1. The first-order chi connectivity index (χ1) is 16.0. The molecule has 0 N–H and O–H groups in total. The van der Waals surface area contributed by atoms with Crippen molar-refractivity contribution < 1.29 is 28.6 Å². The fraction of sp³-hybridized carbons (Fsp3) is 0.423. The Morgan fingerprint density at radius 1 is 1.12 bits per heavy atom. The number of nitrogens with zero attached hydrogens (tertiary/aromatic N) is 1. The maximum atomic E-state index is 13.6. The fourth-order valence-corrected chi connectivity index (χ4v) is 4.47. The molecule has 1 aliphatic carbocycles. The van der Waals surface area contributed by atoms with Gasteiger partial charge < -0.3 is 14.2 Å². The number of aryl methyl sites for hydroxylation is 1. The van der Waals surface area contributed by atoms with E-state index in [4.69, 9.17) is 14.2 Å². The van der Waals surface area contributed by atoms with E-state index in [1.54, 1.807) is 18.2 Å². The third kappa shape index (κ3) is 5.09. The number of rotatable bonds is 8. The smallest absolute Gasteiger partial charge is 0.417 e. The van der Waals surface area contributed by atoms with E-state index in [0.717, 1.165) is 41.7 Å². The van der Waals surface area contributed by atoms with E-state index < -0.39 is 29.9 Å². The number of amides is 2. The van der Waals surface area contributed by atoms with Crippen molar-refractivity contribution in [2.75, 3.05) is 13.7 Å². The molecule has 0 bridgehead atoms. The fourth-order valence-electron chi connectivity index (χ4n) is 4.47. The van der Waals surface area contributed by atoms with Gasteiger partial charge in [-0.05, 0) is 43.4 Å². The quantitative estimate of drug-likeness (QED) is 0.444. The summed E-state index contributed by atoms with van der Waals surface area (Å²) in [5.74, 6) is -0.603. The molecule has 0 radical (unpaired) electrons. The van der Waals surface area contributed by atoms with E-state index in [0.29, 0.717) is 17.7 Å². The summed E-state index contributed by atoms with van der Waals surface area (Å²) in [5, 5.41) is 0. The molecule has 2 amide bonds. The van der Waals surface area contributed by atoms with Gasteiger partial charge in [0.2, 0.25) is 5.78 Å². The minimum absolute atomic E-state index is 0.0855. The highest BCUT2D eigenvalue weighted by Gasteiger charge is 2.44. The van der Waals surface area contributed by atoms with E-state index in [2.05, 4.69) is 0 Å². The first-order valence-electron chi connectivity index (χ1n) is 11.4. The molecule has 0 aromatic heterocycles. The summed E-state index contributed by atoms with van der Waals surface area (Å²) in [5.41, 5.74) is 2.15. The zero-order valence-corrected chi connectivity index (χ0v) is 19.0. The number of carbonyl (C=O) groups is 3. The highest BCUT2D eigenvalue weighted by atomic mass is 16.6. The minimum atomic E-state index is -1.41. The second-order valence-electron chi connectivity index (χ2n) is 8.60. The van der Waals surface area contributed by atoms with Gasteiger partial charge in [-0.25, -0.2) is 9.69 Å². The Bertz CT molecular complexity index is 1010. The Labute approximate surface area is 193 Å². The third-order valence-electron chi connectivity index (χ3n) is 6.30. The van der Waals surface area contributed by atoms with Crippen molar-refractivity contribution in [2.24, 2.45) is 0 Å². The lowest BCUT2D eigenvalue weighted by Crippen LogP contribution is -2.50. The maximum Gasteiger partial charge on any atom is 0.417 e. The summed E-state index contributed by atoms with van der Waals surface area (Å²) in [6.45, 7) is 1.96. The van der Waals surface area contributed by atoms with Crippen molar-refractivity contribution in [2.45, 2.75) is 57.3 Å². The lowest BCUT2D eigenvalue weighted by Gasteiger charge is -2.26. The number of carbonyl (C=O) groups excluding carboxylic acids is 3. The average Bonchev–Trinajstić information content (AvgIpc) is 3.47. The zero-order valence-electron chi connectivity index (χ0n) is 19.0. The number of methoxy groups -OCH3 is 1. The predicted molar refractivity (Wildman–Crippen MR) is 121 cm³/mol. The molecule has 2 aromatic carbocycles. The second-order valence-corrected chi connectivity index (χ2v) is 8.60. The standard InChI is InChI=1S/C26H29NO6/c1-17-12-13-19(15-22(17)31-2)23(28)24(33-21-10-6-7-11-21)25(29)27-20(16-32-26(27)30)14-18-8-4-3-5-9-18/h3-5,8-9,12-13,15,20-21,24H,6-7,10-11,14,16H2,1-2H3/t20-,24?/m1/s1. The van der Waals surface area contributed by atoms with Crippen molar-refractivity contribution in [1.82, 2.24) is 4.90 Å². The van der Waals surface area contributed by atoms with E-state index in [1.807, 2.05) is 37.3 Å². The number of ketones is 1. The summed E-state index contributed by atoms with van der Waals surface area (Å²) >= 11 is 0. The van der Waals surface area contributed by atoms with Gasteiger partial charge >= 0.3 is 6.09 Å². The lowest BCUT2D eigenvalue weighted by molar-refractivity contribution is -0.141. The Balaban J connectivity index is 1.62.